The summed E-state index contributed by atoms with van der Waals surface area (Å²) < 4.78 is 28.7. The maximum Gasteiger partial charge on any atom is 0.263 e. The number of hydrogen-bond acceptors (Lipinski definition) is 4. The first-order valence-corrected chi connectivity index (χ1v) is 10.2. The zero-order valence-electron chi connectivity index (χ0n) is 14.6. The van der Waals surface area contributed by atoms with Crippen molar-refractivity contribution in [3.05, 3.63) is 41.0 Å². The highest BCUT2D eigenvalue weighted by atomic mass is 35.5. The molecule has 140 valence electrons. The molecular weight excluding hydrogens is 376 g/mol. The fraction of sp³-hybridized carbons (Fsp3) is 0.412. The third-order valence-electron chi connectivity index (χ3n) is 4.47. The van der Waals surface area contributed by atoms with Gasteiger partial charge >= 0.3 is 0 Å². The number of anilines is 1. The standard InChI is InChI=1S/C17H21ClN4O3S/c1-12-7-9-22(10-8-12)26(24,25)17-15(11-21(2)20-17)16(23)19-14-5-3-13(18)4-6-14/h3-6,11-12H,7-10H2,1-2H3,(H,19,23). The Kier molecular flexibility index (Phi) is 5.36. The van der Waals surface area contributed by atoms with Gasteiger partial charge in [-0.1, -0.05) is 18.5 Å². The van der Waals surface area contributed by atoms with E-state index in [1.165, 1.54) is 15.2 Å². The molecular formula is C17H21ClN4O3S. The second-order valence-corrected chi connectivity index (χ2v) is 8.86. The van der Waals surface area contributed by atoms with Crippen molar-refractivity contribution < 1.29 is 13.2 Å². The SMILES string of the molecule is CC1CCN(S(=O)(=O)c2nn(C)cc2C(=O)Nc2ccc(Cl)cc2)CC1. The van der Waals surface area contributed by atoms with Crippen molar-refractivity contribution in [1.82, 2.24) is 14.1 Å². The van der Waals surface area contributed by atoms with Crippen LogP contribution < -0.4 is 5.32 Å². The Balaban J connectivity index is 1.87. The number of aryl methyl sites for hydroxylation is 1. The molecule has 1 fully saturated rings. The van der Waals surface area contributed by atoms with Crippen molar-refractivity contribution in [2.24, 2.45) is 13.0 Å². The number of sulfonamides is 1. The molecule has 26 heavy (non-hydrogen) atoms. The van der Waals surface area contributed by atoms with Crippen molar-refractivity contribution in [2.45, 2.75) is 24.8 Å². The van der Waals surface area contributed by atoms with E-state index in [0.29, 0.717) is 29.7 Å². The lowest BCUT2D eigenvalue weighted by molar-refractivity contribution is 0.102. The summed E-state index contributed by atoms with van der Waals surface area (Å²) in [5.41, 5.74) is 0.555. The maximum absolute atomic E-state index is 13.0. The third kappa shape index (κ3) is 3.92. The minimum atomic E-state index is -3.82. The van der Waals surface area contributed by atoms with Crippen molar-refractivity contribution in [2.75, 3.05) is 18.4 Å². The van der Waals surface area contributed by atoms with Crippen LogP contribution in [-0.4, -0.2) is 41.5 Å². The number of halogens is 1. The van der Waals surface area contributed by atoms with Crippen molar-refractivity contribution >= 4 is 33.2 Å². The van der Waals surface area contributed by atoms with Crippen LogP contribution in [0.5, 0.6) is 0 Å². The molecule has 0 aliphatic carbocycles. The van der Waals surface area contributed by atoms with Crippen molar-refractivity contribution in [3.8, 4) is 0 Å². The van der Waals surface area contributed by atoms with E-state index in [-0.39, 0.29) is 10.6 Å². The van der Waals surface area contributed by atoms with Crippen LogP contribution in [0, 0.1) is 5.92 Å². The molecule has 2 heterocycles. The molecule has 3 rings (SSSR count). The summed E-state index contributed by atoms with van der Waals surface area (Å²) >= 11 is 5.84. The van der Waals surface area contributed by atoms with Crippen LogP contribution in [0.15, 0.2) is 35.5 Å². The van der Waals surface area contributed by atoms with Gasteiger partial charge in [-0.25, -0.2) is 8.42 Å². The molecule has 0 spiro atoms. The van der Waals surface area contributed by atoms with Crippen LogP contribution in [-0.2, 0) is 17.1 Å². The summed E-state index contributed by atoms with van der Waals surface area (Å²) in [5, 5.41) is 7.09. The molecule has 9 heteroatoms. The van der Waals surface area contributed by atoms with Gasteiger partial charge in [0.25, 0.3) is 15.9 Å². The highest BCUT2D eigenvalue weighted by Crippen LogP contribution is 2.25. The van der Waals surface area contributed by atoms with E-state index < -0.39 is 15.9 Å². The zero-order valence-corrected chi connectivity index (χ0v) is 16.2. The van der Waals surface area contributed by atoms with E-state index >= 15 is 0 Å². The summed E-state index contributed by atoms with van der Waals surface area (Å²) in [5.74, 6) is -0.0257. The molecule has 1 aromatic carbocycles. The summed E-state index contributed by atoms with van der Waals surface area (Å²) in [7, 11) is -2.23. The molecule has 1 amide bonds. The van der Waals surface area contributed by atoms with Crippen LogP contribution >= 0.6 is 11.6 Å². The lowest BCUT2D eigenvalue weighted by atomic mass is 10.0. The molecule has 1 aromatic heterocycles. The predicted octanol–water partition coefficient (Wildman–Crippen LogP) is 2.75. The van der Waals surface area contributed by atoms with E-state index in [0.717, 1.165) is 12.8 Å². The van der Waals surface area contributed by atoms with Gasteiger partial charge in [-0.05, 0) is 43.0 Å². The molecule has 0 unspecified atom stereocenters. The average molecular weight is 397 g/mol. The topological polar surface area (TPSA) is 84.3 Å². The second kappa shape index (κ2) is 7.38. The number of aromatic nitrogens is 2. The number of amides is 1. The molecule has 0 bridgehead atoms. The summed E-state index contributed by atoms with van der Waals surface area (Å²) in [6.45, 7) is 2.99. The molecule has 0 radical (unpaired) electrons. The Morgan fingerprint density at radius 1 is 1.23 bits per heavy atom. The van der Waals surface area contributed by atoms with Crippen LogP contribution in [0.2, 0.25) is 5.02 Å². The van der Waals surface area contributed by atoms with Gasteiger partial charge < -0.3 is 5.32 Å². The van der Waals surface area contributed by atoms with Gasteiger partial charge in [0, 0.05) is 37.0 Å². The van der Waals surface area contributed by atoms with Gasteiger partial charge in [-0.3, -0.25) is 9.48 Å². The van der Waals surface area contributed by atoms with Gasteiger partial charge in [0.05, 0.1) is 5.56 Å². The average Bonchev–Trinajstić information content (AvgIpc) is 3.00. The first-order valence-electron chi connectivity index (χ1n) is 8.38. The molecule has 1 saturated heterocycles. The van der Waals surface area contributed by atoms with E-state index in [1.807, 2.05) is 0 Å². The molecule has 2 aromatic rings. The van der Waals surface area contributed by atoms with E-state index in [4.69, 9.17) is 11.6 Å². The lowest BCUT2D eigenvalue weighted by Crippen LogP contribution is -2.38. The quantitative estimate of drug-likeness (QED) is 0.861. The van der Waals surface area contributed by atoms with Crippen LogP contribution in [0.1, 0.15) is 30.1 Å². The number of rotatable bonds is 4. The Labute approximate surface area is 158 Å². The number of carbonyl (C=O) groups excluding carboxylic acids is 1. The van der Waals surface area contributed by atoms with Gasteiger partial charge in [0.15, 0.2) is 0 Å². The molecule has 0 atom stereocenters. The minimum Gasteiger partial charge on any atom is -0.322 e. The largest absolute Gasteiger partial charge is 0.322 e. The predicted molar refractivity (Wildman–Crippen MR) is 99.8 cm³/mol. The fourth-order valence-corrected chi connectivity index (χ4v) is 4.61. The van der Waals surface area contributed by atoms with E-state index in [1.54, 1.807) is 31.3 Å². The number of carbonyl (C=O) groups is 1. The lowest BCUT2D eigenvalue weighted by Gasteiger charge is -2.28. The Hall–Kier alpha value is -1.90. The maximum atomic E-state index is 13.0. The Morgan fingerprint density at radius 2 is 1.85 bits per heavy atom. The molecule has 1 aliphatic rings. The third-order valence-corrected chi connectivity index (χ3v) is 6.56. The first-order chi connectivity index (χ1) is 12.3. The highest BCUT2D eigenvalue weighted by molar-refractivity contribution is 7.89. The van der Waals surface area contributed by atoms with Gasteiger partial charge in [0.2, 0.25) is 5.03 Å². The van der Waals surface area contributed by atoms with Crippen LogP contribution in [0.4, 0.5) is 5.69 Å². The molecule has 7 nitrogen and oxygen atoms in total. The first kappa shape index (κ1) is 18.9. The number of benzene rings is 1. The van der Waals surface area contributed by atoms with Gasteiger partial charge in [-0.15, -0.1) is 0 Å². The van der Waals surface area contributed by atoms with Crippen LogP contribution in [0.25, 0.3) is 0 Å². The van der Waals surface area contributed by atoms with E-state index in [2.05, 4.69) is 17.3 Å². The van der Waals surface area contributed by atoms with Crippen LogP contribution in [0.3, 0.4) is 0 Å². The van der Waals surface area contributed by atoms with Crippen molar-refractivity contribution in [1.29, 1.82) is 0 Å². The normalized spacial score (nSPS) is 16.6. The van der Waals surface area contributed by atoms with E-state index in [9.17, 15) is 13.2 Å². The highest BCUT2D eigenvalue weighted by Gasteiger charge is 2.34. The number of nitrogens with one attached hydrogen (secondary N) is 1. The monoisotopic (exact) mass is 396 g/mol. The fourth-order valence-electron chi connectivity index (χ4n) is 2.89. The molecule has 1 aliphatic heterocycles. The van der Waals surface area contributed by atoms with Crippen molar-refractivity contribution in [3.63, 3.8) is 0 Å². The van der Waals surface area contributed by atoms with Gasteiger partial charge in [-0.2, -0.15) is 9.40 Å². The summed E-state index contributed by atoms with van der Waals surface area (Å²) in [6.07, 6.45) is 3.03. The zero-order chi connectivity index (χ0) is 18.9. The smallest absolute Gasteiger partial charge is 0.263 e. The number of hydrogen-bond donors (Lipinski definition) is 1. The number of piperidine rings is 1. The summed E-state index contributed by atoms with van der Waals surface area (Å²) in [4.78, 5) is 12.6. The Morgan fingerprint density at radius 3 is 2.46 bits per heavy atom. The van der Waals surface area contributed by atoms with Gasteiger partial charge in [0.1, 0.15) is 0 Å². The number of nitrogens with zero attached hydrogens (tertiary/aromatic N) is 3. The Bertz CT molecular complexity index is 901. The molecule has 1 N–H and O–H groups in total. The minimum absolute atomic E-state index is 0.0288. The molecule has 0 saturated carbocycles. The second-order valence-electron chi connectivity index (χ2n) is 6.57. The summed E-state index contributed by atoms with van der Waals surface area (Å²) in [6, 6.07) is 6.59.